The minimum Gasteiger partial charge on any atom is -0.466 e. The molecule has 90 valence electrons. The molecule has 0 fully saturated rings. The highest BCUT2D eigenvalue weighted by atomic mass is 127. The largest absolute Gasteiger partial charge is 0.466 e. The van der Waals surface area contributed by atoms with E-state index in [1.807, 2.05) is 6.92 Å². The van der Waals surface area contributed by atoms with Gasteiger partial charge in [-0.2, -0.15) is 0 Å². The summed E-state index contributed by atoms with van der Waals surface area (Å²) in [5.41, 5.74) is 0. The van der Waals surface area contributed by atoms with Crippen molar-refractivity contribution in [1.29, 1.82) is 0 Å². The summed E-state index contributed by atoms with van der Waals surface area (Å²) in [7, 11) is 0. The Morgan fingerprint density at radius 3 is 2.40 bits per heavy atom. The second kappa shape index (κ2) is 10.7. The molecule has 0 amide bonds. The van der Waals surface area contributed by atoms with E-state index in [4.69, 9.17) is 4.74 Å². The van der Waals surface area contributed by atoms with Crippen molar-refractivity contribution < 1.29 is 9.53 Å². The molecular formula is C12H23IO2. The van der Waals surface area contributed by atoms with E-state index >= 15 is 0 Å². The van der Waals surface area contributed by atoms with E-state index < -0.39 is 0 Å². The molecule has 0 N–H and O–H groups in total. The van der Waals surface area contributed by atoms with E-state index in [1.54, 1.807) is 0 Å². The maximum Gasteiger partial charge on any atom is 0.308 e. The fourth-order valence-electron chi connectivity index (χ4n) is 1.58. The van der Waals surface area contributed by atoms with Crippen molar-refractivity contribution in [3.8, 4) is 0 Å². The van der Waals surface area contributed by atoms with Crippen molar-refractivity contribution in [3.05, 3.63) is 0 Å². The van der Waals surface area contributed by atoms with Gasteiger partial charge >= 0.3 is 5.97 Å². The molecule has 0 aliphatic carbocycles. The van der Waals surface area contributed by atoms with Crippen LogP contribution in [0.3, 0.4) is 0 Å². The fraction of sp³-hybridized carbons (Fsp3) is 0.917. The Balaban J connectivity index is 3.87. The molecule has 0 aromatic rings. The zero-order valence-electron chi connectivity index (χ0n) is 9.93. The van der Waals surface area contributed by atoms with E-state index in [2.05, 4.69) is 29.5 Å². The van der Waals surface area contributed by atoms with Crippen LogP contribution in [0.15, 0.2) is 0 Å². The van der Waals surface area contributed by atoms with Crippen LogP contribution in [0.4, 0.5) is 0 Å². The van der Waals surface area contributed by atoms with Crippen LogP contribution in [-0.2, 0) is 9.53 Å². The number of hydrogen-bond acceptors (Lipinski definition) is 2. The summed E-state index contributed by atoms with van der Waals surface area (Å²) in [6, 6.07) is 0. The molecule has 3 heteroatoms. The van der Waals surface area contributed by atoms with E-state index in [0.717, 1.165) is 32.1 Å². The number of hydrogen-bond donors (Lipinski definition) is 0. The number of carbonyl (C=O) groups is 1. The third-order valence-corrected chi connectivity index (χ3v) is 3.23. The number of halogens is 1. The smallest absolute Gasteiger partial charge is 0.308 e. The van der Waals surface area contributed by atoms with Gasteiger partial charge in [-0.25, -0.2) is 0 Å². The highest BCUT2D eigenvalue weighted by molar-refractivity contribution is 14.1. The number of rotatable bonds is 9. The van der Waals surface area contributed by atoms with Crippen molar-refractivity contribution in [3.63, 3.8) is 0 Å². The van der Waals surface area contributed by atoms with Crippen LogP contribution >= 0.6 is 22.6 Å². The first-order chi connectivity index (χ1) is 7.26. The topological polar surface area (TPSA) is 26.3 Å². The number of alkyl halides is 1. The molecular weight excluding hydrogens is 303 g/mol. The third kappa shape index (κ3) is 8.05. The van der Waals surface area contributed by atoms with Gasteiger partial charge in [-0.1, -0.05) is 48.8 Å². The summed E-state index contributed by atoms with van der Waals surface area (Å²) in [6.45, 7) is 4.54. The minimum atomic E-state index is 0.0133. The molecule has 0 saturated carbocycles. The molecule has 0 aliphatic heterocycles. The monoisotopic (exact) mass is 326 g/mol. The molecule has 0 aliphatic rings. The molecule has 1 unspecified atom stereocenters. The predicted octanol–water partition coefficient (Wildman–Crippen LogP) is 3.96. The lowest BCUT2D eigenvalue weighted by Crippen LogP contribution is -2.18. The van der Waals surface area contributed by atoms with Crippen molar-refractivity contribution in [2.45, 2.75) is 52.4 Å². The van der Waals surface area contributed by atoms with Crippen molar-refractivity contribution >= 4 is 28.6 Å². The molecule has 1 atom stereocenters. The van der Waals surface area contributed by atoms with E-state index in [1.165, 1.54) is 10.8 Å². The summed E-state index contributed by atoms with van der Waals surface area (Å²) in [6.07, 6.45) is 6.65. The molecule has 2 nitrogen and oxygen atoms in total. The Hall–Kier alpha value is 0.200. The molecule has 0 radical (unpaired) electrons. The Morgan fingerprint density at radius 2 is 1.87 bits per heavy atom. The molecule has 0 rings (SSSR count). The third-order valence-electron chi connectivity index (χ3n) is 2.46. The Labute approximate surface area is 107 Å². The zero-order valence-corrected chi connectivity index (χ0v) is 12.1. The molecule has 0 spiro atoms. The summed E-state index contributed by atoms with van der Waals surface area (Å²) in [5, 5.41) is 0. The number of carbonyl (C=O) groups excluding carboxylic acids is 1. The quantitative estimate of drug-likeness (QED) is 0.277. The lowest BCUT2D eigenvalue weighted by atomic mass is 9.96. The van der Waals surface area contributed by atoms with Gasteiger partial charge in [0, 0.05) is 0 Å². The van der Waals surface area contributed by atoms with Gasteiger partial charge in [0.25, 0.3) is 0 Å². The van der Waals surface area contributed by atoms with Crippen molar-refractivity contribution in [2.24, 2.45) is 5.92 Å². The molecule has 0 aromatic carbocycles. The van der Waals surface area contributed by atoms with Crippen LogP contribution in [0.2, 0.25) is 0 Å². The molecule has 0 bridgehead atoms. The highest BCUT2D eigenvalue weighted by Crippen LogP contribution is 2.18. The average Bonchev–Trinajstić information content (AvgIpc) is 2.23. The second-order valence-electron chi connectivity index (χ2n) is 3.78. The van der Waals surface area contributed by atoms with Gasteiger partial charge in [-0.15, -0.1) is 0 Å². The number of esters is 1. The van der Waals surface area contributed by atoms with E-state index in [-0.39, 0.29) is 11.9 Å². The first kappa shape index (κ1) is 15.2. The van der Waals surface area contributed by atoms with Gasteiger partial charge < -0.3 is 4.74 Å². The SMILES string of the molecule is CCCCC(CCCCI)C(=O)OCC. The summed E-state index contributed by atoms with van der Waals surface area (Å²) in [5.74, 6) is 0.159. The van der Waals surface area contributed by atoms with Crippen LogP contribution in [0.25, 0.3) is 0 Å². The maximum absolute atomic E-state index is 11.6. The Bertz CT molecular complexity index is 160. The highest BCUT2D eigenvalue weighted by Gasteiger charge is 2.18. The van der Waals surface area contributed by atoms with Gasteiger partial charge in [0.1, 0.15) is 0 Å². The van der Waals surface area contributed by atoms with Crippen LogP contribution in [0.5, 0.6) is 0 Å². The van der Waals surface area contributed by atoms with Crippen LogP contribution in [0, 0.1) is 5.92 Å². The second-order valence-corrected chi connectivity index (χ2v) is 4.85. The van der Waals surface area contributed by atoms with Gasteiger partial charge in [-0.3, -0.25) is 4.79 Å². The van der Waals surface area contributed by atoms with Gasteiger partial charge in [-0.05, 0) is 30.6 Å². The fourth-order valence-corrected chi connectivity index (χ4v) is 2.12. The van der Waals surface area contributed by atoms with Crippen molar-refractivity contribution in [2.75, 3.05) is 11.0 Å². The average molecular weight is 326 g/mol. The zero-order chi connectivity index (χ0) is 11.5. The number of ether oxygens (including phenoxy) is 1. The van der Waals surface area contributed by atoms with E-state index in [0.29, 0.717) is 6.61 Å². The first-order valence-electron chi connectivity index (χ1n) is 5.98. The maximum atomic E-state index is 11.6. The van der Waals surface area contributed by atoms with Crippen molar-refractivity contribution in [1.82, 2.24) is 0 Å². The van der Waals surface area contributed by atoms with Gasteiger partial charge in [0.05, 0.1) is 12.5 Å². The first-order valence-corrected chi connectivity index (χ1v) is 7.51. The summed E-state index contributed by atoms with van der Waals surface area (Å²) >= 11 is 2.38. The van der Waals surface area contributed by atoms with Crippen LogP contribution in [0.1, 0.15) is 52.4 Å². The Kier molecular flexibility index (Phi) is 10.9. The standard InChI is InChI=1S/C12H23IO2/c1-3-5-8-11(9-6-7-10-13)12(14)15-4-2/h11H,3-10H2,1-2H3. The minimum absolute atomic E-state index is 0.0133. The summed E-state index contributed by atoms with van der Waals surface area (Å²) in [4.78, 5) is 11.6. The van der Waals surface area contributed by atoms with Crippen LogP contribution in [-0.4, -0.2) is 17.0 Å². The summed E-state index contributed by atoms with van der Waals surface area (Å²) < 4.78 is 6.27. The van der Waals surface area contributed by atoms with E-state index in [9.17, 15) is 4.79 Å². The molecule has 0 heterocycles. The Morgan fingerprint density at radius 1 is 1.20 bits per heavy atom. The molecule has 15 heavy (non-hydrogen) atoms. The lowest BCUT2D eigenvalue weighted by molar-refractivity contribution is -0.148. The predicted molar refractivity (Wildman–Crippen MR) is 72.4 cm³/mol. The van der Waals surface area contributed by atoms with Gasteiger partial charge in [0.2, 0.25) is 0 Å². The number of unbranched alkanes of at least 4 members (excludes halogenated alkanes) is 2. The molecule has 0 aromatic heterocycles. The molecule has 0 saturated heterocycles. The van der Waals surface area contributed by atoms with Gasteiger partial charge in [0.15, 0.2) is 0 Å². The normalized spacial score (nSPS) is 12.5. The van der Waals surface area contributed by atoms with Crippen LogP contribution < -0.4 is 0 Å². The lowest BCUT2D eigenvalue weighted by Gasteiger charge is -2.14.